The van der Waals surface area contributed by atoms with Gasteiger partial charge in [-0.15, -0.1) is 0 Å². The number of ether oxygens (including phenoxy) is 1. The zero-order valence-electron chi connectivity index (χ0n) is 17.6. The van der Waals surface area contributed by atoms with Crippen LogP contribution in [-0.2, 0) is 9.59 Å². The average Bonchev–Trinajstić information content (AvgIpc) is 2.63. The second-order valence-corrected chi connectivity index (χ2v) is 7.88. The second-order valence-electron chi connectivity index (χ2n) is 7.45. The first kappa shape index (κ1) is 22.7. The van der Waals surface area contributed by atoms with Crippen molar-refractivity contribution in [2.45, 2.75) is 26.7 Å². The summed E-state index contributed by atoms with van der Waals surface area (Å²) in [7, 11) is 3.33. The van der Waals surface area contributed by atoms with Gasteiger partial charge < -0.3 is 20.3 Å². The summed E-state index contributed by atoms with van der Waals surface area (Å²) in [5, 5.41) is 6.30. The van der Waals surface area contributed by atoms with Crippen LogP contribution in [0.1, 0.15) is 30.9 Å². The van der Waals surface area contributed by atoms with Gasteiger partial charge in [0.05, 0.1) is 19.8 Å². The van der Waals surface area contributed by atoms with Crippen molar-refractivity contribution in [2.24, 2.45) is 0 Å². The number of amides is 2. The lowest BCUT2D eigenvalue weighted by Gasteiger charge is -2.18. The Morgan fingerprint density at radius 3 is 2.38 bits per heavy atom. The number of hydrogen-bond acceptors (Lipinski definition) is 3. The fourth-order valence-corrected chi connectivity index (χ4v) is 3.28. The van der Waals surface area contributed by atoms with Crippen LogP contribution in [0.2, 0.25) is 5.02 Å². The van der Waals surface area contributed by atoms with E-state index in [4.69, 9.17) is 16.3 Å². The van der Waals surface area contributed by atoms with Gasteiger partial charge in [-0.3, -0.25) is 9.59 Å². The van der Waals surface area contributed by atoms with Crippen LogP contribution >= 0.6 is 11.6 Å². The predicted octanol–water partition coefficient (Wildman–Crippen LogP) is 2.87. The molecule has 0 saturated carbocycles. The van der Waals surface area contributed by atoms with Gasteiger partial charge in [-0.1, -0.05) is 43.6 Å². The summed E-state index contributed by atoms with van der Waals surface area (Å²) in [5.41, 5.74) is 3.48. The number of rotatable bonds is 8. The molecule has 2 aromatic rings. The summed E-state index contributed by atoms with van der Waals surface area (Å²) < 4.78 is 5.23. The summed E-state index contributed by atoms with van der Waals surface area (Å²) in [6, 6.07) is 11.0. The molecular formula is C22H29ClN3O3+. The third-order valence-corrected chi connectivity index (χ3v) is 4.79. The van der Waals surface area contributed by atoms with Crippen molar-refractivity contribution in [1.29, 1.82) is 0 Å². The molecule has 0 aliphatic rings. The summed E-state index contributed by atoms with van der Waals surface area (Å²) >= 11 is 5.99. The molecule has 0 fully saturated rings. The zero-order valence-corrected chi connectivity index (χ0v) is 18.3. The maximum absolute atomic E-state index is 12.5. The van der Waals surface area contributed by atoms with Crippen molar-refractivity contribution >= 4 is 34.8 Å². The van der Waals surface area contributed by atoms with E-state index >= 15 is 0 Å². The Kier molecular flexibility index (Phi) is 8.05. The normalized spacial score (nSPS) is 11.8. The van der Waals surface area contributed by atoms with Crippen molar-refractivity contribution in [1.82, 2.24) is 0 Å². The molecule has 0 aliphatic carbocycles. The second kappa shape index (κ2) is 10.3. The molecule has 1 unspecified atom stereocenters. The molecular weight excluding hydrogens is 390 g/mol. The summed E-state index contributed by atoms with van der Waals surface area (Å²) in [5.74, 6) is 0.467. The SMILES string of the molecule is COc1ccc(Cl)cc1NC(=O)C[NH+](C)CC(=O)Nc1c(C)cccc1C(C)C. The van der Waals surface area contributed by atoms with Crippen LogP contribution in [0.15, 0.2) is 36.4 Å². The number of halogens is 1. The van der Waals surface area contributed by atoms with Gasteiger partial charge in [0.2, 0.25) is 0 Å². The molecule has 0 saturated heterocycles. The van der Waals surface area contributed by atoms with Crippen molar-refractivity contribution in [3.8, 4) is 5.75 Å². The Labute approximate surface area is 177 Å². The molecule has 0 aliphatic heterocycles. The number of carbonyl (C=O) groups is 2. The van der Waals surface area contributed by atoms with E-state index in [9.17, 15) is 9.59 Å². The first-order chi connectivity index (χ1) is 13.7. The lowest BCUT2D eigenvalue weighted by molar-refractivity contribution is -0.862. The molecule has 1 atom stereocenters. The van der Waals surface area contributed by atoms with E-state index in [1.165, 1.54) is 7.11 Å². The number of quaternary nitrogens is 1. The van der Waals surface area contributed by atoms with Crippen molar-refractivity contribution in [3.05, 3.63) is 52.5 Å². The van der Waals surface area contributed by atoms with Gasteiger partial charge in [-0.05, 0) is 42.2 Å². The monoisotopic (exact) mass is 418 g/mol. The Balaban J connectivity index is 1.96. The van der Waals surface area contributed by atoms with Crippen LogP contribution in [0.5, 0.6) is 5.75 Å². The molecule has 2 amide bonds. The smallest absolute Gasteiger partial charge is 0.279 e. The van der Waals surface area contributed by atoms with Crippen LogP contribution in [-0.4, -0.2) is 39.1 Å². The molecule has 2 aromatic carbocycles. The number of hydrogen-bond donors (Lipinski definition) is 3. The van der Waals surface area contributed by atoms with Crippen LogP contribution in [0, 0.1) is 6.92 Å². The summed E-state index contributed by atoms with van der Waals surface area (Å²) in [6.07, 6.45) is 0. The Morgan fingerprint density at radius 1 is 1.10 bits per heavy atom. The van der Waals surface area contributed by atoms with E-state index in [1.807, 2.05) is 25.1 Å². The molecule has 0 radical (unpaired) electrons. The van der Waals surface area contributed by atoms with Crippen molar-refractivity contribution < 1.29 is 19.2 Å². The average molecular weight is 419 g/mol. The fraction of sp³-hybridized carbons (Fsp3) is 0.364. The molecule has 6 nitrogen and oxygen atoms in total. The van der Waals surface area contributed by atoms with Crippen LogP contribution < -0.4 is 20.3 Å². The molecule has 7 heteroatoms. The number of methoxy groups -OCH3 is 1. The molecule has 0 aromatic heterocycles. The lowest BCUT2D eigenvalue weighted by atomic mass is 9.98. The molecule has 156 valence electrons. The number of aryl methyl sites for hydroxylation is 1. The first-order valence-electron chi connectivity index (χ1n) is 9.55. The highest BCUT2D eigenvalue weighted by Crippen LogP contribution is 2.28. The zero-order chi connectivity index (χ0) is 21.6. The van der Waals surface area contributed by atoms with E-state index in [-0.39, 0.29) is 24.9 Å². The van der Waals surface area contributed by atoms with Crippen molar-refractivity contribution in [3.63, 3.8) is 0 Å². The van der Waals surface area contributed by atoms with Gasteiger partial charge in [-0.2, -0.15) is 0 Å². The molecule has 3 N–H and O–H groups in total. The highest BCUT2D eigenvalue weighted by atomic mass is 35.5. The van der Waals surface area contributed by atoms with Gasteiger partial charge in [0.15, 0.2) is 13.1 Å². The quantitative estimate of drug-likeness (QED) is 0.617. The van der Waals surface area contributed by atoms with E-state index in [0.29, 0.717) is 22.4 Å². The molecule has 0 bridgehead atoms. The molecule has 2 rings (SSSR count). The standard InChI is InChI=1S/C22H28ClN3O3/c1-14(2)17-8-6-7-15(3)22(17)25-21(28)13-26(4)12-20(27)24-18-11-16(23)9-10-19(18)29-5/h6-11,14H,12-13H2,1-5H3,(H,24,27)(H,25,28)/p+1. The minimum atomic E-state index is -0.227. The van der Waals surface area contributed by atoms with Gasteiger partial charge in [0, 0.05) is 10.7 Å². The third kappa shape index (κ3) is 6.48. The third-order valence-electron chi connectivity index (χ3n) is 4.55. The van der Waals surface area contributed by atoms with Crippen LogP contribution in [0.4, 0.5) is 11.4 Å². The van der Waals surface area contributed by atoms with E-state index in [2.05, 4.69) is 24.5 Å². The van der Waals surface area contributed by atoms with Gasteiger partial charge in [0.25, 0.3) is 11.8 Å². The maximum atomic E-state index is 12.5. The Morgan fingerprint density at radius 2 is 1.76 bits per heavy atom. The lowest BCUT2D eigenvalue weighted by Crippen LogP contribution is -3.11. The summed E-state index contributed by atoms with van der Waals surface area (Å²) in [4.78, 5) is 25.7. The van der Waals surface area contributed by atoms with Crippen molar-refractivity contribution in [2.75, 3.05) is 37.9 Å². The number of benzene rings is 2. The topological polar surface area (TPSA) is 71.9 Å². The number of para-hydroxylation sites is 1. The van der Waals surface area contributed by atoms with E-state index < -0.39 is 0 Å². The fourth-order valence-electron chi connectivity index (χ4n) is 3.11. The summed E-state index contributed by atoms with van der Waals surface area (Å²) in [6.45, 7) is 6.47. The van der Waals surface area contributed by atoms with Gasteiger partial charge in [-0.25, -0.2) is 0 Å². The number of carbonyl (C=O) groups excluding carboxylic acids is 2. The van der Waals surface area contributed by atoms with Gasteiger partial charge >= 0.3 is 0 Å². The minimum absolute atomic E-state index is 0.133. The van der Waals surface area contributed by atoms with Gasteiger partial charge in [0.1, 0.15) is 5.75 Å². The van der Waals surface area contributed by atoms with Crippen LogP contribution in [0.3, 0.4) is 0 Å². The van der Waals surface area contributed by atoms with E-state index in [1.54, 1.807) is 25.2 Å². The minimum Gasteiger partial charge on any atom is -0.495 e. The predicted molar refractivity (Wildman–Crippen MR) is 117 cm³/mol. The van der Waals surface area contributed by atoms with E-state index in [0.717, 1.165) is 21.7 Å². The molecule has 29 heavy (non-hydrogen) atoms. The Hall–Kier alpha value is -2.57. The number of likely N-dealkylation sites (N-methyl/N-ethyl adjacent to an activating group) is 1. The number of anilines is 2. The van der Waals surface area contributed by atoms with Crippen LogP contribution in [0.25, 0.3) is 0 Å². The highest BCUT2D eigenvalue weighted by molar-refractivity contribution is 6.31. The Bertz CT molecular complexity index is 884. The highest BCUT2D eigenvalue weighted by Gasteiger charge is 2.18. The largest absolute Gasteiger partial charge is 0.495 e. The first-order valence-corrected chi connectivity index (χ1v) is 9.93. The maximum Gasteiger partial charge on any atom is 0.279 e. The number of nitrogens with one attached hydrogen (secondary N) is 3. The molecule has 0 heterocycles. The molecule has 0 spiro atoms.